The van der Waals surface area contributed by atoms with Crippen LogP contribution in [0.4, 0.5) is 0 Å². The van der Waals surface area contributed by atoms with Gasteiger partial charge in [0.15, 0.2) is 10.8 Å². The number of hydrogen-bond acceptors (Lipinski definition) is 3. The van der Waals surface area contributed by atoms with Gasteiger partial charge in [0.25, 0.3) is 5.91 Å². The minimum absolute atomic E-state index is 0.0344. The highest BCUT2D eigenvalue weighted by Gasteiger charge is 2.49. The summed E-state index contributed by atoms with van der Waals surface area (Å²) in [6.07, 6.45) is 4.66. The summed E-state index contributed by atoms with van der Waals surface area (Å²) in [7, 11) is 0. The van der Waals surface area contributed by atoms with E-state index in [1.165, 1.54) is 0 Å². The Morgan fingerprint density at radius 1 is 1.60 bits per heavy atom. The summed E-state index contributed by atoms with van der Waals surface area (Å²) in [5.74, 6) is 0.0344. The maximum absolute atomic E-state index is 12.1. The van der Waals surface area contributed by atoms with Crippen molar-refractivity contribution < 1.29 is 4.79 Å². The number of thiocarbonyl (C=S) groups is 1. The van der Waals surface area contributed by atoms with Crippen LogP contribution < -0.4 is 10.6 Å². The molecule has 4 nitrogen and oxygen atoms in total. The molecule has 0 saturated carbocycles. The van der Waals surface area contributed by atoms with E-state index in [0.29, 0.717) is 11.7 Å². The van der Waals surface area contributed by atoms with E-state index in [-0.39, 0.29) is 5.91 Å². The van der Waals surface area contributed by atoms with Gasteiger partial charge < -0.3 is 5.32 Å². The molecule has 2 heterocycles. The zero-order chi connectivity index (χ0) is 10.9. The molecule has 0 aromatic carbocycles. The van der Waals surface area contributed by atoms with Gasteiger partial charge in [0.05, 0.1) is 0 Å². The van der Waals surface area contributed by atoms with Crippen LogP contribution in [0.1, 0.15) is 19.3 Å². The van der Waals surface area contributed by atoms with Gasteiger partial charge in [-0.25, -0.2) is 0 Å². The minimum atomic E-state index is -0.627. The van der Waals surface area contributed by atoms with Crippen molar-refractivity contribution in [2.75, 3.05) is 13.1 Å². The van der Waals surface area contributed by atoms with Crippen LogP contribution in [0.3, 0.4) is 0 Å². The summed E-state index contributed by atoms with van der Waals surface area (Å²) < 4.78 is 0. The normalized spacial score (nSPS) is 30.8. The largest absolute Gasteiger partial charge is 0.336 e. The second-order valence-electron chi connectivity index (χ2n) is 3.92. The standard InChI is InChI=1S/C10H15N3OS/c1-2-7-13-8(14)10(12-9(13)15)5-3-4-6-11-10/h2,11H,1,3-7H2,(H,12,15)/t10-/m0/s1. The molecule has 0 aromatic rings. The Labute approximate surface area is 94.7 Å². The Morgan fingerprint density at radius 2 is 2.40 bits per heavy atom. The van der Waals surface area contributed by atoms with Gasteiger partial charge >= 0.3 is 0 Å². The first-order chi connectivity index (χ1) is 7.19. The Hall–Kier alpha value is -0.940. The molecule has 0 radical (unpaired) electrons. The van der Waals surface area contributed by atoms with Crippen LogP contribution in [-0.4, -0.2) is 34.7 Å². The van der Waals surface area contributed by atoms with E-state index >= 15 is 0 Å². The first kappa shape index (κ1) is 10.6. The van der Waals surface area contributed by atoms with Gasteiger partial charge in [-0.15, -0.1) is 6.58 Å². The van der Waals surface area contributed by atoms with Crippen molar-refractivity contribution in [1.82, 2.24) is 15.5 Å². The third-order valence-corrected chi connectivity index (χ3v) is 3.22. The maximum atomic E-state index is 12.1. The zero-order valence-corrected chi connectivity index (χ0v) is 9.40. The van der Waals surface area contributed by atoms with Crippen molar-refractivity contribution in [3.05, 3.63) is 12.7 Å². The lowest BCUT2D eigenvalue weighted by Crippen LogP contribution is -2.60. The van der Waals surface area contributed by atoms with E-state index in [9.17, 15) is 4.79 Å². The van der Waals surface area contributed by atoms with Gasteiger partial charge in [-0.2, -0.15) is 0 Å². The fourth-order valence-electron chi connectivity index (χ4n) is 2.12. The van der Waals surface area contributed by atoms with Crippen molar-refractivity contribution in [2.24, 2.45) is 0 Å². The highest BCUT2D eigenvalue weighted by molar-refractivity contribution is 7.80. The molecule has 2 rings (SSSR count). The molecule has 0 unspecified atom stereocenters. The molecule has 2 saturated heterocycles. The van der Waals surface area contributed by atoms with Crippen molar-refractivity contribution in [2.45, 2.75) is 24.9 Å². The van der Waals surface area contributed by atoms with E-state index in [2.05, 4.69) is 17.2 Å². The van der Waals surface area contributed by atoms with E-state index in [4.69, 9.17) is 12.2 Å². The third kappa shape index (κ3) is 1.66. The molecule has 2 aliphatic rings. The van der Waals surface area contributed by atoms with Crippen LogP contribution in [0.25, 0.3) is 0 Å². The number of piperidine rings is 1. The van der Waals surface area contributed by atoms with E-state index in [1.54, 1.807) is 11.0 Å². The Bertz CT molecular complexity index is 310. The molecule has 2 aliphatic heterocycles. The average molecular weight is 225 g/mol. The van der Waals surface area contributed by atoms with Crippen molar-refractivity contribution in [1.29, 1.82) is 0 Å². The lowest BCUT2D eigenvalue weighted by molar-refractivity contribution is -0.132. The summed E-state index contributed by atoms with van der Waals surface area (Å²) in [5, 5.41) is 6.85. The summed E-state index contributed by atoms with van der Waals surface area (Å²) in [5.41, 5.74) is -0.627. The Morgan fingerprint density at radius 3 is 3.00 bits per heavy atom. The first-order valence-corrected chi connectivity index (χ1v) is 5.60. The molecule has 0 aromatic heterocycles. The van der Waals surface area contributed by atoms with Crippen molar-refractivity contribution >= 4 is 23.2 Å². The molecule has 15 heavy (non-hydrogen) atoms. The van der Waals surface area contributed by atoms with Crippen LogP contribution in [0.2, 0.25) is 0 Å². The molecular weight excluding hydrogens is 210 g/mol. The van der Waals surface area contributed by atoms with Crippen molar-refractivity contribution in [3.8, 4) is 0 Å². The van der Waals surface area contributed by atoms with Crippen LogP contribution in [-0.2, 0) is 4.79 Å². The molecular formula is C10H15N3OS. The Balaban J connectivity index is 2.19. The van der Waals surface area contributed by atoms with Crippen LogP contribution >= 0.6 is 12.2 Å². The number of amides is 1. The molecule has 0 bridgehead atoms. The number of nitrogens with zero attached hydrogens (tertiary/aromatic N) is 1. The van der Waals surface area contributed by atoms with Crippen LogP contribution in [0, 0.1) is 0 Å². The van der Waals surface area contributed by atoms with Crippen molar-refractivity contribution in [3.63, 3.8) is 0 Å². The molecule has 5 heteroatoms. The fraction of sp³-hybridized carbons (Fsp3) is 0.600. The maximum Gasteiger partial charge on any atom is 0.269 e. The highest BCUT2D eigenvalue weighted by atomic mass is 32.1. The summed E-state index contributed by atoms with van der Waals surface area (Å²) >= 11 is 5.14. The van der Waals surface area contributed by atoms with E-state index < -0.39 is 5.66 Å². The molecule has 1 amide bonds. The Kier molecular flexibility index (Phi) is 2.75. The number of nitrogens with one attached hydrogen (secondary N) is 2. The number of carbonyl (C=O) groups excluding carboxylic acids is 1. The smallest absolute Gasteiger partial charge is 0.269 e. The summed E-state index contributed by atoms with van der Waals surface area (Å²) in [6, 6.07) is 0. The molecule has 1 spiro atoms. The summed E-state index contributed by atoms with van der Waals surface area (Å²) in [6.45, 7) is 4.97. The second kappa shape index (κ2) is 3.90. The lowest BCUT2D eigenvalue weighted by atomic mass is 9.98. The average Bonchev–Trinajstić information content (AvgIpc) is 2.45. The topological polar surface area (TPSA) is 44.4 Å². The second-order valence-corrected chi connectivity index (χ2v) is 4.31. The van der Waals surface area contributed by atoms with E-state index in [0.717, 1.165) is 25.8 Å². The van der Waals surface area contributed by atoms with Gasteiger partial charge in [0.1, 0.15) is 0 Å². The molecule has 1 atom stereocenters. The minimum Gasteiger partial charge on any atom is -0.336 e. The zero-order valence-electron chi connectivity index (χ0n) is 8.58. The molecule has 82 valence electrons. The number of hydrogen-bond donors (Lipinski definition) is 2. The van der Waals surface area contributed by atoms with Gasteiger partial charge in [0.2, 0.25) is 0 Å². The van der Waals surface area contributed by atoms with E-state index in [1.807, 2.05) is 0 Å². The SMILES string of the molecule is C=CCN1C(=O)[C@]2(CCCCN2)NC1=S. The van der Waals surface area contributed by atoms with Gasteiger partial charge in [-0.3, -0.25) is 15.0 Å². The molecule has 0 aliphatic carbocycles. The predicted octanol–water partition coefficient (Wildman–Crippen LogP) is 0.359. The van der Waals surface area contributed by atoms with Gasteiger partial charge in [-0.05, 0) is 38.0 Å². The van der Waals surface area contributed by atoms with Gasteiger partial charge in [-0.1, -0.05) is 6.08 Å². The number of rotatable bonds is 2. The third-order valence-electron chi connectivity index (χ3n) is 2.89. The monoisotopic (exact) mass is 225 g/mol. The summed E-state index contributed by atoms with van der Waals surface area (Å²) in [4.78, 5) is 13.7. The van der Waals surface area contributed by atoms with Crippen LogP contribution in [0.15, 0.2) is 12.7 Å². The molecule has 2 N–H and O–H groups in total. The highest BCUT2D eigenvalue weighted by Crippen LogP contribution is 2.24. The quantitative estimate of drug-likeness (QED) is 0.526. The first-order valence-electron chi connectivity index (χ1n) is 5.20. The fourth-order valence-corrected chi connectivity index (χ4v) is 2.45. The predicted molar refractivity (Wildman–Crippen MR) is 62.2 cm³/mol. The molecule has 2 fully saturated rings. The van der Waals surface area contributed by atoms with Gasteiger partial charge in [0, 0.05) is 6.54 Å². The number of carbonyl (C=O) groups is 1. The lowest BCUT2D eigenvalue weighted by Gasteiger charge is -2.32. The van der Waals surface area contributed by atoms with Crippen LogP contribution in [0.5, 0.6) is 0 Å².